The molecule has 0 spiro atoms. The predicted molar refractivity (Wildman–Crippen MR) is 185 cm³/mol. The summed E-state index contributed by atoms with van der Waals surface area (Å²) in [6, 6.07) is 15.1. The van der Waals surface area contributed by atoms with Gasteiger partial charge in [-0.1, -0.05) is 35.9 Å². The Morgan fingerprint density at radius 1 is 1.06 bits per heavy atom. The minimum atomic E-state index is -0.320. The van der Waals surface area contributed by atoms with Crippen LogP contribution in [0.5, 0.6) is 5.88 Å². The zero-order valence-corrected chi connectivity index (χ0v) is 28.1. The van der Waals surface area contributed by atoms with E-state index in [4.69, 9.17) is 21.3 Å². The van der Waals surface area contributed by atoms with E-state index in [1.165, 1.54) is 0 Å². The molecule has 2 saturated heterocycles. The molecule has 4 aromatic rings. The average Bonchev–Trinajstić information content (AvgIpc) is 3.08. The van der Waals surface area contributed by atoms with Crippen LogP contribution < -0.4 is 15.4 Å². The molecule has 1 atom stereocenters. The van der Waals surface area contributed by atoms with Gasteiger partial charge in [0, 0.05) is 87.0 Å². The monoisotopic (exact) mass is 669 g/mol. The lowest BCUT2D eigenvalue weighted by Gasteiger charge is -2.35. The number of aromatic nitrogens is 3. The number of likely N-dealkylation sites (tertiary alicyclic amines) is 2. The summed E-state index contributed by atoms with van der Waals surface area (Å²) >= 11 is 7.01. The van der Waals surface area contributed by atoms with Crippen LogP contribution >= 0.6 is 11.6 Å². The van der Waals surface area contributed by atoms with Crippen molar-refractivity contribution >= 4 is 29.1 Å². The van der Waals surface area contributed by atoms with Crippen LogP contribution in [-0.2, 0) is 17.9 Å². The molecule has 0 bridgehead atoms. The molecule has 11 nitrogen and oxygen atoms in total. The number of piperidine rings is 1. The molecule has 48 heavy (non-hydrogen) atoms. The number of halogens is 1. The van der Waals surface area contributed by atoms with Crippen molar-refractivity contribution in [2.24, 2.45) is 0 Å². The molecule has 0 radical (unpaired) electrons. The van der Waals surface area contributed by atoms with Crippen LogP contribution in [-0.4, -0.2) is 87.1 Å². The van der Waals surface area contributed by atoms with Gasteiger partial charge in [-0.05, 0) is 55.2 Å². The molecule has 0 aliphatic carbocycles. The third kappa shape index (κ3) is 7.50. The number of aliphatic hydroxyl groups excluding tert-OH is 1. The Balaban J connectivity index is 1.16. The number of nitrogens with one attached hydrogen (secondary N) is 2. The standard InChI is InChI=1S/C36H40ClN7O4/c1-22-28(7-4-8-30(22)41-35(47)32-11-9-24(16-40-32)18-43-20-27(46)21-43)34-33(37)29(13-14-38-34)31-12-10-25(36(42-31)48-3)17-39-26-6-5-15-44(19-26)23(2)45/h4,7-14,16,26-27,39,46H,5-6,15,17-21H2,1-3H3,(H,41,47)/t26-/m1/s1. The van der Waals surface area contributed by atoms with Crippen LogP contribution in [0.25, 0.3) is 22.5 Å². The van der Waals surface area contributed by atoms with Crippen LogP contribution in [0.2, 0.25) is 5.02 Å². The number of hydrogen-bond donors (Lipinski definition) is 3. The molecule has 3 N–H and O–H groups in total. The topological polar surface area (TPSA) is 133 Å². The fourth-order valence-corrected chi connectivity index (χ4v) is 6.55. The first-order chi connectivity index (χ1) is 23.2. The summed E-state index contributed by atoms with van der Waals surface area (Å²) in [5.74, 6) is 0.278. The summed E-state index contributed by atoms with van der Waals surface area (Å²) in [6.45, 7) is 7.57. The van der Waals surface area contributed by atoms with Crippen molar-refractivity contribution in [2.45, 2.75) is 51.9 Å². The van der Waals surface area contributed by atoms with Crippen molar-refractivity contribution in [2.75, 3.05) is 38.6 Å². The summed E-state index contributed by atoms with van der Waals surface area (Å²) in [6.07, 6.45) is 5.11. The molecule has 5 heterocycles. The fraction of sp³-hybridized carbons (Fsp3) is 0.361. The maximum absolute atomic E-state index is 13.1. The molecular weight excluding hydrogens is 630 g/mol. The number of hydrogen-bond acceptors (Lipinski definition) is 9. The summed E-state index contributed by atoms with van der Waals surface area (Å²) in [7, 11) is 1.60. The second kappa shape index (κ2) is 14.8. The Labute approximate surface area is 285 Å². The number of β-amino-alcohol motifs (C(OH)–C–C–N with tert-alkyl or cyclic N) is 1. The van der Waals surface area contributed by atoms with Gasteiger partial charge >= 0.3 is 0 Å². The molecule has 0 saturated carbocycles. The number of benzene rings is 1. The van der Waals surface area contributed by atoms with Gasteiger partial charge in [-0.3, -0.25) is 24.5 Å². The number of rotatable bonds is 10. The Kier molecular flexibility index (Phi) is 10.3. The zero-order chi connectivity index (χ0) is 33.8. The highest BCUT2D eigenvalue weighted by Crippen LogP contribution is 2.38. The van der Waals surface area contributed by atoms with Gasteiger partial charge in [-0.25, -0.2) is 4.98 Å². The van der Waals surface area contributed by atoms with Gasteiger partial charge in [-0.15, -0.1) is 0 Å². The second-order valence-corrected chi connectivity index (χ2v) is 12.8. The van der Waals surface area contributed by atoms with Crippen LogP contribution in [0.3, 0.4) is 0 Å². The van der Waals surface area contributed by atoms with Crippen molar-refractivity contribution < 1.29 is 19.4 Å². The van der Waals surface area contributed by atoms with E-state index in [9.17, 15) is 14.7 Å². The molecule has 250 valence electrons. The summed E-state index contributed by atoms with van der Waals surface area (Å²) in [5, 5.41) is 16.5. The van der Waals surface area contributed by atoms with E-state index >= 15 is 0 Å². The van der Waals surface area contributed by atoms with E-state index in [2.05, 4.69) is 25.5 Å². The first kappa shape index (κ1) is 33.5. The number of carbonyl (C=O) groups is 2. The normalized spacial score (nSPS) is 16.8. The first-order valence-electron chi connectivity index (χ1n) is 16.1. The van der Waals surface area contributed by atoms with Crippen molar-refractivity contribution in [1.82, 2.24) is 30.1 Å². The molecule has 2 fully saturated rings. The van der Waals surface area contributed by atoms with Gasteiger partial charge in [-0.2, -0.15) is 0 Å². The van der Waals surface area contributed by atoms with Gasteiger partial charge in [0.15, 0.2) is 0 Å². The maximum Gasteiger partial charge on any atom is 0.274 e. The zero-order valence-electron chi connectivity index (χ0n) is 27.4. The van der Waals surface area contributed by atoms with Crippen molar-refractivity contribution in [1.29, 1.82) is 0 Å². The maximum atomic E-state index is 13.1. The van der Waals surface area contributed by atoms with Crippen molar-refractivity contribution in [3.63, 3.8) is 0 Å². The fourth-order valence-electron chi connectivity index (χ4n) is 6.24. The van der Waals surface area contributed by atoms with E-state index < -0.39 is 0 Å². The minimum absolute atomic E-state index is 0.102. The smallest absolute Gasteiger partial charge is 0.274 e. The van der Waals surface area contributed by atoms with E-state index in [-0.39, 0.29) is 24.0 Å². The lowest BCUT2D eigenvalue weighted by molar-refractivity contribution is -0.130. The summed E-state index contributed by atoms with van der Waals surface area (Å²) in [5.41, 5.74) is 6.33. The van der Waals surface area contributed by atoms with Crippen LogP contribution in [0, 0.1) is 6.92 Å². The van der Waals surface area contributed by atoms with E-state index in [1.807, 2.05) is 54.3 Å². The van der Waals surface area contributed by atoms with E-state index in [0.29, 0.717) is 72.0 Å². The van der Waals surface area contributed by atoms with E-state index in [0.717, 1.165) is 41.6 Å². The number of methoxy groups -OCH3 is 1. The van der Waals surface area contributed by atoms with Crippen molar-refractivity contribution in [3.8, 4) is 28.4 Å². The number of nitrogens with zero attached hydrogens (tertiary/aromatic N) is 5. The molecule has 2 aliphatic rings. The number of anilines is 1. The highest BCUT2D eigenvalue weighted by Gasteiger charge is 2.25. The van der Waals surface area contributed by atoms with Crippen LogP contribution in [0.15, 0.2) is 60.9 Å². The summed E-state index contributed by atoms with van der Waals surface area (Å²) in [4.78, 5) is 42.7. The minimum Gasteiger partial charge on any atom is -0.481 e. The van der Waals surface area contributed by atoms with Gasteiger partial charge in [0.2, 0.25) is 11.8 Å². The van der Waals surface area contributed by atoms with Crippen molar-refractivity contribution in [3.05, 3.63) is 88.3 Å². The van der Waals surface area contributed by atoms with Gasteiger partial charge in [0.1, 0.15) is 5.69 Å². The third-order valence-corrected chi connectivity index (χ3v) is 9.37. The van der Waals surface area contributed by atoms with Crippen LogP contribution in [0.1, 0.15) is 46.9 Å². The predicted octanol–water partition coefficient (Wildman–Crippen LogP) is 4.71. The lowest BCUT2D eigenvalue weighted by atomic mass is 10.0. The quantitative estimate of drug-likeness (QED) is 0.220. The SMILES string of the molecule is COc1nc(-c2ccnc(-c3cccc(NC(=O)c4ccc(CN5CC(O)C5)cn4)c3C)c2Cl)ccc1CN[C@@H]1CCCN(C(C)=O)C1. The Hall–Kier alpha value is -4.42. The highest BCUT2D eigenvalue weighted by atomic mass is 35.5. The van der Waals surface area contributed by atoms with Crippen LogP contribution in [0.4, 0.5) is 5.69 Å². The Bertz CT molecular complexity index is 1800. The number of pyridine rings is 3. The van der Waals surface area contributed by atoms with Gasteiger partial charge < -0.3 is 25.4 Å². The summed E-state index contributed by atoms with van der Waals surface area (Å²) < 4.78 is 5.67. The highest BCUT2D eigenvalue weighted by molar-refractivity contribution is 6.35. The Morgan fingerprint density at radius 2 is 1.90 bits per heavy atom. The van der Waals surface area contributed by atoms with E-state index in [1.54, 1.807) is 32.5 Å². The molecule has 6 rings (SSSR count). The molecule has 2 amide bonds. The molecule has 12 heteroatoms. The average molecular weight is 670 g/mol. The first-order valence-corrected chi connectivity index (χ1v) is 16.5. The molecular formula is C36H40ClN7O4. The number of amides is 2. The Morgan fingerprint density at radius 3 is 2.62 bits per heavy atom. The molecule has 0 unspecified atom stereocenters. The second-order valence-electron chi connectivity index (χ2n) is 12.4. The lowest BCUT2D eigenvalue weighted by Crippen LogP contribution is -2.49. The number of carbonyl (C=O) groups excluding carboxylic acids is 2. The largest absolute Gasteiger partial charge is 0.481 e. The molecule has 3 aromatic heterocycles. The number of ether oxygens (including phenoxy) is 1. The number of aliphatic hydroxyl groups is 1. The molecule has 2 aliphatic heterocycles. The van der Waals surface area contributed by atoms with Gasteiger partial charge in [0.05, 0.1) is 29.6 Å². The molecule has 1 aromatic carbocycles. The van der Waals surface area contributed by atoms with Gasteiger partial charge in [0.25, 0.3) is 5.91 Å². The third-order valence-electron chi connectivity index (χ3n) is 8.98.